The molecule has 20 heavy (non-hydrogen) atoms. The lowest BCUT2D eigenvalue weighted by molar-refractivity contribution is -0.141. The second-order valence-electron chi connectivity index (χ2n) is 4.52. The second kappa shape index (κ2) is 4.86. The average Bonchev–Trinajstić information content (AvgIpc) is 2.78. The Labute approximate surface area is 123 Å². The Morgan fingerprint density at radius 1 is 1.30 bits per heavy atom. The van der Waals surface area contributed by atoms with Crippen LogP contribution in [0.15, 0.2) is 52.1 Å². The van der Waals surface area contributed by atoms with Crippen LogP contribution in [0.3, 0.4) is 0 Å². The minimum atomic E-state index is -0.968. The minimum absolute atomic E-state index is 0.355. The number of carboxylic acids is 1. The monoisotopic (exact) mass is 336 g/mol. The van der Waals surface area contributed by atoms with Crippen molar-refractivity contribution in [1.29, 1.82) is 0 Å². The van der Waals surface area contributed by atoms with Gasteiger partial charge < -0.3 is 10.0 Å². The molecule has 0 fully saturated rings. The zero-order chi connectivity index (χ0) is 14.3. The summed E-state index contributed by atoms with van der Waals surface area (Å²) in [6, 6.07) is 4.39. The van der Waals surface area contributed by atoms with E-state index in [9.17, 15) is 14.3 Å². The van der Waals surface area contributed by atoms with Crippen LogP contribution in [0.5, 0.6) is 0 Å². The number of carboxylic acid groups (broad SMARTS) is 1. The number of rotatable bonds is 2. The summed E-state index contributed by atoms with van der Waals surface area (Å²) in [6.07, 6.45) is 5.26. The number of carbonyl (C=O) groups is 1. The molecule has 1 aromatic rings. The van der Waals surface area contributed by atoms with Crippen molar-refractivity contribution in [3.05, 3.63) is 58.5 Å². The number of amidine groups is 1. The minimum Gasteiger partial charge on any atom is -0.480 e. The van der Waals surface area contributed by atoms with Gasteiger partial charge in [0.2, 0.25) is 0 Å². The Bertz CT molecular complexity index is 652. The van der Waals surface area contributed by atoms with Crippen LogP contribution in [0.25, 0.3) is 0 Å². The average molecular weight is 337 g/mol. The molecular weight excluding hydrogens is 327 g/mol. The van der Waals surface area contributed by atoms with E-state index in [0.29, 0.717) is 11.4 Å². The van der Waals surface area contributed by atoms with Gasteiger partial charge in [-0.25, -0.2) is 9.18 Å². The van der Waals surface area contributed by atoms with Crippen LogP contribution >= 0.6 is 15.9 Å². The van der Waals surface area contributed by atoms with Gasteiger partial charge in [0.05, 0.1) is 0 Å². The lowest BCUT2D eigenvalue weighted by atomic mass is 10.00. The number of hydrogen-bond acceptors (Lipinski definition) is 3. The third kappa shape index (κ3) is 2.16. The van der Waals surface area contributed by atoms with Crippen LogP contribution in [-0.2, 0) is 4.79 Å². The Kier molecular flexibility index (Phi) is 3.17. The van der Waals surface area contributed by atoms with Crippen molar-refractivity contribution in [1.82, 2.24) is 4.90 Å². The van der Waals surface area contributed by atoms with Gasteiger partial charge in [-0.2, -0.15) is 0 Å². The standard InChI is InChI=1S/C14H10BrFN2O2/c15-9-3-6-11-17-12(8-1-4-10(16)5-2-8)13(14(19)20)18(11)7-9/h1-7,12-13H,(H,19,20). The first-order valence-corrected chi connectivity index (χ1v) is 6.75. The van der Waals surface area contributed by atoms with Crippen LogP contribution in [0.2, 0.25) is 0 Å². The van der Waals surface area contributed by atoms with Crippen molar-refractivity contribution >= 4 is 27.7 Å². The van der Waals surface area contributed by atoms with Gasteiger partial charge in [0.25, 0.3) is 0 Å². The summed E-state index contributed by atoms with van der Waals surface area (Å²) in [7, 11) is 0. The number of halogens is 2. The number of nitrogens with zero attached hydrogens (tertiary/aromatic N) is 2. The van der Waals surface area contributed by atoms with E-state index in [1.54, 1.807) is 35.4 Å². The molecule has 102 valence electrons. The maximum atomic E-state index is 13.0. The van der Waals surface area contributed by atoms with Crippen LogP contribution in [0.4, 0.5) is 4.39 Å². The second-order valence-corrected chi connectivity index (χ2v) is 5.44. The molecule has 0 amide bonds. The zero-order valence-corrected chi connectivity index (χ0v) is 11.8. The number of allylic oxidation sites excluding steroid dienone is 2. The van der Waals surface area contributed by atoms with Crippen molar-refractivity contribution < 1.29 is 14.3 Å². The summed E-state index contributed by atoms with van der Waals surface area (Å²) < 4.78 is 13.8. The van der Waals surface area contributed by atoms with Gasteiger partial charge in [0.1, 0.15) is 17.7 Å². The number of aliphatic carboxylic acids is 1. The molecule has 2 atom stereocenters. The lowest BCUT2D eigenvalue weighted by Gasteiger charge is -2.25. The van der Waals surface area contributed by atoms with Crippen LogP contribution in [-0.4, -0.2) is 27.9 Å². The zero-order valence-electron chi connectivity index (χ0n) is 10.2. The Morgan fingerprint density at radius 3 is 2.65 bits per heavy atom. The first kappa shape index (κ1) is 13.1. The SMILES string of the molecule is O=C(O)C1C(c2ccc(F)cc2)N=C2C=CC(Br)=CN21. The van der Waals surface area contributed by atoms with Gasteiger partial charge in [0.15, 0.2) is 6.04 Å². The normalized spacial score (nSPS) is 24.2. The third-order valence-electron chi connectivity index (χ3n) is 3.25. The maximum absolute atomic E-state index is 13.0. The summed E-state index contributed by atoms with van der Waals surface area (Å²) in [5.74, 6) is -0.730. The molecule has 2 heterocycles. The largest absolute Gasteiger partial charge is 0.480 e. The summed E-state index contributed by atoms with van der Waals surface area (Å²) in [6.45, 7) is 0. The van der Waals surface area contributed by atoms with E-state index in [2.05, 4.69) is 20.9 Å². The van der Waals surface area contributed by atoms with Gasteiger partial charge in [0, 0.05) is 10.7 Å². The molecule has 0 spiro atoms. The highest BCUT2D eigenvalue weighted by Crippen LogP contribution is 2.34. The summed E-state index contributed by atoms with van der Waals surface area (Å²) in [5, 5.41) is 9.47. The van der Waals surface area contributed by atoms with E-state index < -0.39 is 18.1 Å². The van der Waals surface area contributed by atoms with Crippen molar-refractivity contribution in [2.24, 2.45) is 4.99 Å². The molecule has 0 aromatic heterocycles. The molecular formula is C14H10BrFN2O2. The summed E-state index contributed by atoms with van der Waals surface area (Å²) >= 11 is 3.32. The van der Waals surface area contributed by atoms with Crippen molar-refractivity contribution in [3.63, 3.8) is 0 Å². The lowest BCUT2D eigenvalue weighted by Crippen LogP contribution is -2.39. The molecule has 1 aromatic carbocycles. The highest BCUT2D eigenvalue weighted by Gasteiger charge is 2.41. The Morgan fingerprint density at radius 2 is 2.00 bits per heavy atom. The fraction of sp³-hybridized carbons (Fsp3) is 0.143. The van der Waals surface area contributed by atoms with Gasteiger partial charge in [-0.05, 0) is 45.8 Å². The molecule has 0 bridgehead atoms. The molecule has 3 rings (SSSR count). The fourth-order valence-electron chi connectivity index (χ4n) is 2.35. The Balaban J connectivity index is 2.02. The van der Waals surface area contributed by atoms with E-state index in [0.717, 1.165) is 4.48 Å². The van der Waals surface area contributed by atoms with Gasteiger partial charge in [-0.3, -0.25) is 4.99 Å². The first-order valence-electron chi connectivity index (χ1n) is 5.96. The molecule has 0 radical (unpaired) electrons. The predicted octanol–water partition coefficient (Wildman–Crippen LogP) is 2.84. The van der Waals surface area contributed by atoms with E-state index in [1.807, 2.05) is 0 Å². The molecule has 0 saturated carbocycles. The maximum Gasteiger partial charge on any atom is 0.329 e. The third-order valence-corrected chi connectivity index (χ3v) is 3.72. The molecule has 4 nitrogen and oxygen atoms in total. The van der Waals surface area contributed by atoms with E-state index in [4.69, 9.17) is 0 Å². The smallest absolute Gasteiger partial charge is 0.329 e. The molecule has 1 N–H and O–H groups in total. The molecule has 2 aliphatic rings. The molecule has 0 aliphatic carbocycles. The van der Waals surface area contributed by atoms with Crippen LogP contribution in [0, 0.1) is 5.82 Å². The Hall–Kier alpha value is -1.95. The summed E-state index contributed by atoms with van der Waals surface area (Å²) in [4.78, 5) is 17.6. The quantitative estimate of drug-likeness (QED) is 0.903. The van der Waals surface area contributed by atoms with Crippen LogP contribution in [0.1, 0.15) is 11.6 Å². The molecule has 2 aliphatic heterocycles. The van der Waals surface area contributed by atoms with Gasteiger partial charge in [-0.15, -0.1) is 0 Å². The predicted molar refractivity (Wildman–Crippen MR) is 76.0 cm³/mol. The molecule has 2 unspecified atom stereocenters. The van der Waals surface area contributed by atoms with Crippen molar-refractivity contribution in [2.75, 3.05) is 0 Å². The number of hydrogen-bond donors (Lipinski definition) is 1. The highest BCUT2D eigenvalue weighted by atomic mass is 79.9. The van der Waals surface area contributed by atoms with Gasteiger partial charge in [-0.1, -0.05) is 12.1 Å². The van der Waals surface area contributed by atoms with Crippen molar-refractivity contribution in [2.45, 2.75) is 12.1 Å². The van der Waals surface area contributed by atoms with Crippen LogP contribution < -0.4 is 0 Å². The van der Waals surface area contributed by atoms with Crippen molar-refractivity contribution in [3.8, 4) is 0 Å². The summed E-state index contributed by atoms with van der Waals surface area (Å²) in [5.41, 5.74) is 0.679. The topological polar surface area (TPSA) is 52.9 Å². The van der Waals surface area contributed by atoms with E-state index in [-0.39, 0.29) is 5.82 Å². The van der Waals surface area contributed by atoms with E-state index in [1.165, 1.54) is 12.1 Å². The number of benzene rings is 1. The number of aliphatic imine (C=N–C) groups is 1. The number of fused-ring (bicyclic) bond motifs is 1. The van der Waals surface area contributed by atoms with E-state index >= 15 is 0 Å². The molecule has 6 heteroatoms. The fourth-order valence-corrected chi connectivity index (χ4v) is 2.70. The highest BCUT2D eigenvalue weighted by molar-refractivity contribution is 9.11. The van der Waals surface area contributed by atoms with Gasteiger partial charge >= 0.3 is 5.97 Å². The first-order chi connectivity index (χ1) is 9.56. The molecule has 0 saturated heterocycles.